The molecule has 0 amide bonds. The highest BCUT2D eigenvalue weighted by Crippen LogP contribution is 2.15. The highest BCUT2D eigenvalue weighted by molar-refractivity contribution is 5.12. The van der Waals surface area contributed by atoms with Crippen LogP contribution in [-0.4, -0.2) is 4.98 Å². The van der Waals surface area contributed by atoms with Gasteiger partial charge in [-0.3, -0.25) is 4.98 Å². The Bertz CT molecular complexity index is 271. The Morgan fingerprint density at radius 1 is 1.36 bits per heavy atom. The van der Waals surface area contributed by atoms with Crippen molar-refractivity contribution in [2.24, 2.45) is 5.73 Å². The third kappa shape index (κ3) is 3.46. The van der Waals surface area contributed by atoms with Gasteiger partial charge in [0, 0.05) is 11.7 Å². The molecule has 1 heterocycles. The molecule has 0 saturated carbocycles. The summed E-state index contributed by atoms with van der Waals surface area (Å²) in [4.78, 5) is 4.43. The predicted molar refractivity (Wildman–Crippen MR) is 60.0 cm³/mol. The molecule has 1 rings (SSSR count). The zero-order chi connectivity index (χ0) is 10.4. The molecular formula is C12H20N2. The third-order valence-corrected chi connectivity index (χ3v) is 2.41. The molecule has 1 aromatic rings. The molecule has 0 fully saturated rings. The fourth-order valence-electron chi connectivity index (χ4n) is 1.53. The number of pyridine rings is 1. The van der Waals surface area contributed by atoms with Crippen LogP contribution in [0.15, 0.2) is 18.2 Å². The van der Waals surface area contributed by atoms with Crippen LogP contribution < -0.4 is 5.73 Å². The van der Waals surface area contributed by atoms with E-state index in [0.29, 0.717) is 0 Å². The Balaban J connectivity index is 2.47. The van der Waals surface area contributed by atoms with E-state index in [2.05, 4.69) is 11.9 Å². The summed E-state index contributed by atoms with van der Waals surface area (Å²) in [5.41, 5.74) is 8.12. The summed E-state index contributed by atoms with van der Waals surface area (Å²) in [6.45, 7) is 4.21. The molecule has 0 bridgehead atoms. The Hall–Kier alpha value is -0.890. The maximum absolute atomic E-state index is 6.04. The van der Waals surface area contributed by atoms with Crippen LogP contribution in [0, 0.1) is 6.92 Å². The maximum atomic E-state index is 6.04. The van der Waals surface area contributed by atoms with Gasteiger partial charge >= 0.3 is 0 Å². The van der Waals surface area contributed by atoms with Crippen LogP contribution >= 0.6 is 0 Å². The maximum Gasteiger partial charge on any atom is 0.0574 e. The van der Waals surface area contributed by atoms with Gasteiger partial charge in [-0.1, -0.05) is 32.3 Å². The first kappa shape index (κ1) is 11.2. The molecule has 2 heteroatoms. The third-order valence-electron chi connectivity index (χ3n) is 2.41. The Labute approximate surface area is 86.5 Å². The fourth-order valence-corrected chi connectivity index (χ4v) is 1.53. The molecule has 0 aliphatic heterocycles. The van der Waals surface area contributed by atoms with E-state index < -0.39 is 0 Å². The van der Waals surface area contributed by atoms with Crippen molar-refractivity contribution in [2.45, 2.75) is 45.6 Å². The number of nitrogens with zero attached hydrogens (tertiary/aromatic N) is 1. The van der Waals surface area contributed by atoms with Crippen LogP contribution in [-0.2, 0) is 0 Å². The lowest BCUT2D eigenvalue weighted by Crippen LogP contribution is -2.12. The van der Waals surface area contributed by atoms with Gasteiger partial charge in [-0.2, -0.15) is 0 Å². The second-order valence-electron chi connectivity index (χ2n) is 3.81. The second-order valence-corrected chi connectivity index (χ2v) is 3.81. The molecule has 2 N–H and O–H groups in total. The summed E-state index contributed by atoms with van der Waals surface area (Å²) >= 11 is 0. The fraction of sp³-hybridized carbons (Fsp3) is 0.583. The normalized spacial score (nSPS) is 12.8. The van der Waals surface area contributed by atoms with Crippen molar-refractivity contribution in [3.63, 3.8) is 0 Å². The Morgan fingerprint density at radius 2 is 2.14 bits per heavy atom. The van der Waals surface area contributed by atoms with Crippen LogP contribution in [0.2, 0.25) is 0 Å². The minimum atomic E-state index is 0.112. The van der Waals surface area contributed by atoms with E-state index in [-0.39, 0.29) is 6.04 Å². The largest absolute Gasteiger partial charge is 0.323 e. The number of aryl methyl sites for hydroxylation is 1. The van der Waals surface area contributed by atoms with E-state index in [1.165, 1.54) is 19.3 Å². The van der Waals surface area contributed by atoms with Crippen LogP contribution in [0.3, 0.4) is 0 Å². The van der Waals surface area contributed by atoms with E-state index >= 15 is 0 Å². The van der Waals surface area contributed by atoms with Crippen molar-refractivity contribution >= 4 is 0 Å². The van der Waals surface area contributed by atoms with E-state index in [1.807, 2.05) is 25.1 Å². The van der Waals surface area contributed by atoms with E-state index in [1.54, 1.807) is 0 Å². The number of unbranched alkanes of at least 4 members (excludes halogenated alkanes) is 2. The lowest BCUT2D eigenvalue weighted by Gasteiger charge is -2.10. The van der Waals surface area contributed by atoms with Crippen molar-refractivity contribution in [3.8, 4) is 0 Å². The van der Waals surface area contributed by atoms with Crippen molar-refractivity contribution in [1.29, 1.82) is 0 Å². The van der Waals surface area contributed by atoms with Gasteiger partial charge in [0.05, 0.1) is 5.69 Å². The number of rotatable bonds is 5. The average molecular weight is 192 g/mol. The van der Waals surface area contributed by atoms with Gasteiger partial charge in [0.1, 0.15) is 0 Å². The van der Waals surface area contributed by atoms with Crippen molar-refractivity contribution in [1.82, 2.24) is 4.98 Å². The van der Waals surface area contributed by atoms with Crippen LogP contribution in [0.25, 0.3) is 0 Å². The van der Waals surface area contributed by atoms with E-state index in [4.69, 9.17) is 5.73 Å². The summed E-state index contributed by atoms with van der Waals surface area (Å²) in [5.74, 6) is 0. The van der Waals surface area contributed by atoms with Crippen molar-refractivity contribution in [3.05, 3.63) is 29.6 Å². The number of nitrogens with two attached hydrogens (primary N) is 1. The first-order chi connectivity index (χ1) is 6.74. The molecule has 1 unspecified atom stereocenters. The Kier molecular flexibility index (Phi) is 4.60. The smallest absolute Gasteiger partial charge is 0.0574 e. The van der Waals surface area contributed by atoms with Gasteiger partial charge in [0.2, 0.25) is 0 Å². The minimum absolute atomic E-state index is 0.112. The molecule has 2 nitrogen and oxygen atoms in total. The summed E-state index contributed by atoms with van der Waals surface area (Å²) < 4.78 is 0. The van der Waals surface area contributed by atoms with Gasteiger partial charge < -0.3 is 5.73 Å². The number of hydrogen-bond acceptors (Lipinski definition) is 2. The van der Waals surface area contributed by atoms with Gasteiger partial charge in [-0.25, -0.2) is 0 Å². The highest BCUT2D eigenvalue weighted by atomic mass is 14.8. The van der Waals surface area contributed by atoms with Crippen molar-refractivity contribution in [2.75, 3.05) is 0 Å². The topological polar surface area (TPSA) is 38.9 Å². The van der Waals surface area contributed by atoms with Crippen molar-refractivity contribution < 1.29 is 0 Å². The molecule has 1 aromatic heterocycles. The van der Waals surface area contributed by atoms with Gasteiger partial charge in [-0.05, 0) is 25.5 Å². The quantitative estimate of drug-likeness (QED) is 0.728. The molecule has 1 atom stereocenters. The van der Waals surface area contributed by atoms with Crippen LogP contribution in [0.1, 0.15) is 50.0 Å². The molecule has 0 spiro atoms. The van der Waals surface area contributed by atoms with Crippen LogP contribution in [0.5, 0.6) is 0 Å². The standard InChI is InChI=1S/C12H20N2/c1-3-4-5-8-11(13)12-9-6-7-10(2)14-12/h6-7,9,11H,3-5,8,13H2,1-2H3. The van der Waals surface area contributed by atoms with Gasteiger partial charge in [0.25, 0.3) is 0 Å². The van der Waals surface area contributed by atoms with E-state index in [9.17, 15) is 0 Å². The van der Waals surface area contributed by atoms with Gasteiger partial charge in [0.15, 0.2) is 0 Å². The van der Waals surface area contributed by atoms with Gasteiger partial charge in [-0.15, -0.1) is 0 Å². The molecule has 0 saturated heterocycles. The Morgan fingerprint density at radius 3 is 2.79 bits per heavy atom. The molecule has 0 aliphatic carbocycles. The summed E-state index contributed by atoms with van der Waals surface area (Å²) in [6.07, 6.45) is 4.76. The minimum Gasteiger partial charge on any atom is -0.323 e. The predicted octanol–water partition coefficient (Wildman–Crippen LogP) is 2.97. The zero-order valence-corrected chi connectivity index (χ0v) is 9.16. The van der Waals surface area contributed by atoms with E-state index in [0.717, 1.165) is 17.8 Å². The number of aromatic nitrogens is 1. The SMILES string of the molecule is CCCCCC(N)c1cccc(C)n1. The number of hydrogen-bond donors (Lipinski definition) is 1. The summed E-state index contributed by atoms with van der Waals surface area (Å²) in [7, 11) is 0. The molecule has 0 radical (unpaired) electrons. The summed E-state index contributed by atoms with van der Waals surface area (Å²) in [6, 6.07) is 6.16. The molecule has 78 valence electrons. The highest BCUT2D eigenvalue weighted by Gasteiger charge is 2.06. The first-order valence-electron chi connectivity index (χ1n) is 5.43. The molecule has 14 heavy (non-hydrogen) atoms. The zero-order valence-electron chi connectivity index (χ0n) is 9.16. The lowest BCUT2D eigenvalue weighted by molar-refractivity contribution is 0.570. The molecular weight excluding hydrogens is 172 g/mol. The molecule has 0 aromatic carbocycles. The first-order valence-corrected chi connectivity index (χ1v) is 5.43. The monoisotopic (exact) mass is 192 g/mol. The second kappa shape index (κ2) is 5.76. The average Bonchev–Trinajstić information content (AvgIpc) is 2.18. The van der Waals surface area contributed by atoms with Crippen LogP contribution in [0.4, 0.5) is 0 Å². The lowest BCUT2D eigenvalue weighted by atomic mass is 10.1. The molecule has 0 aliphatic rings. The summed E-state index contributed by atoms with van der Waals surface area (Å²) in [5, 5.41) is 0.